The molecule has 1 aliphatic heterocycles. The van der Waals surface area contributed by atoms with Gasteiger partial charge in [-0.25, -0.2) is 0 Å². The second kappa shape index (κ2) is 5.75. The number of ether oxygens (including phenoxy) is 1. The van der Waals surface area contributed by atoms with Crippen molar-refractivity contribution in [2.45, 2.75) is 25.4 Å². The van der Waals surface area contributed by atoms with Gasteiger partial charge in [0.15, 0.2) is 0 Å². The molecule has 0 aliphatic carbocycles. The molecule has 2 rings (SSSR count). The molecule has 1 fully saturated rings. The molecule has 1 aliphatic rings. The van der Waals surface area contributed by atoms with E-state index in [-0.39, 0.29) is 11.9 Å². The van der Waals surface area contributed by atoms with Crippen LogP contribution in [0.5, 0.6) is 0 Å². The summed E-state index contributed by atoms with van der Waals surface area (Å²) in [5, 5.41) is 2.96. The average Bonchev–Trinajstić information content (AvgIpc) is 2.40. The summed E-state index contributed by atoms with van der Waals surface area (Å²) in [5.74, 6) is -0.132. The Morgan fingerprint density at radius 3 is 3.00 bits per heavy atom. The van der Waals surface area contributed by atoms with Crippen LogP contribution in [0.1, 0.15) is 28.9 Å². The first kappa shape index (κ1) is 12.0. The van der Waals surface area contributed by atoms with Crippen molar-refractivity contribution in [2.75, 3.05) is 13.2 Å². The Balaban J connectivity index is 1.98. The summed E-state index contributed by atoms with van der Waals surface area (Å²) < 4.78 is 5.24. The smallest absolute Gasteiger partial charge is 0.270 e. The van der Waals surface area contributed by atoms with Crippen molar-refractivity contribution in [1.82, 2.24) is 10.3 Å². The zero-order valence-corrected chi connectivity index (χ0v) is 9.69. The SMILES string of the molecule is NCc1ccnc(C(=O)NC2CCOCC2)c1. The van der Waals surface area contributed by atoms with Gasteiger partial charge in [-0.05, 0) is 30.5 Å². The van der Waals surface area contributed by atoms with E-state index in [0.29, 0.717) is 25.5 Å². The largest absolute Gasteiger partial charge is 0.381 e. The highest BCUT2D eigenvalue weighted by molar-refractivity contribution is 5.92. The molecule has 5 nitrogen and oxygen atoms in total. The van der Waals surface area contributed by atoms with Gasteiger partial charge >= 0.3 is 0 Å². The normalized spacial score (nSPS) is 16.8. The van der Waals surface area contributed by atoms with E-state index in [1.807, 2.05) is 6.07 Å². The first-order valence-electron chi connectivity index (χ1n) is 5.83. The molecule has 1 aromatic rings. The molecule has 3 N–H and O–H groups in total. The van der Waals surface area contributed by atoms with Crippen LogP contribution >= 0.6 is 0 Å². The molecule has 2 heterocycles. The van der Waals surface area contributed by atoms with Gasteiger partial charge in [-0.15, -0.1) is 0 Å². The van der Waals surface area contributed by atoms with E-state index in [4.69, 9.17) is 10.5 Å². The Labute approximate surface area is 100 Å². The molecule has 0 radical (unpaired) electrons. The molecule has 0 saturated carbocycles. The molecular weight excluding hydrogens is 218 g/mol. The number of amides is 1. The highest BCUT2D eigenvalue weighted by Gasteiger charge is 2.17. The van der Waals surface area contributed by atoms with Crippen molar-refractivity contribution in [3.63, 3.8) is 0 Å². The number of pyridine rings is 1. The maximum Gasteiger partial charge on any atom is 0.270 e. The van der Waals surface area contributed by atoms with Gasteiger partial charge in [0.25, 0.3) is 5.91 Å². The van der Waals surface area contributed by atoms with Gasteiger partial charge in [-0.2, -0.15) is 0 Å². The van der Waals surface area contributed by atoms with Crippen LogP contribution in [0.3, 0.4) is 0 Å². The third-order valence-electron chi connectivity index (χ3n) is 2.85. The lowest BCUT2D eigenvalue weighted by atomic mass is 10.1. The molecule has 0 aromatic carbocycles. The van der Waals surface area contributed by atoms with Gasteiger partial charge in [0, 0.05) is 32.0 Å². The number of nitrogens with one attached hydrogen (secondary N) is 1. The van der Waals surface area contributed by atoms with Gasteiger partial charge < -0.3 is 15.8 Å². The van der Waals surface area contributed by atoms with Crippen LogP contribution in [0.25, 0.3) is 0 Å². The highest BCUT2D eigenvalue weighted by atomic mass is 16.5. The summed E-state index contributed by atoms with van der Waals surface area (Å²) in [7, 11) is 0. The summed E-state index contributed by atoms with van der Waals surface area (Å²) in [5.41, 5.74) is 6.87. The number of hydrogen-bond donors (Lipinski definition) is 2. The van der Waals surface area contributed by atoms with E-state index in [0.717, 1.165) is 18.4 Å². The summed E-state index contributed by atoms with van der Waals surface area (Å²) in [6.45, 7) is 1.84. The van der Waals surface area contributed by atoms with Gasteiger partial charge in [-0.3, -0.25) is 9.78 Å². The summed E-state index contributed by atoms with van der Waals surface area (Å²) in [6, 6.07) is 3.74. The Morgan fingerprint density at radius 2 is 2.29 bits per heavy atom. The minimum absolute atomic E-state index is 0.132. The van der Waals surface area contributed by atoms with E-state index in [9.17, 15) is 4.79 Å². The van der Waals surface area contributed by atoms with E-state index in [1.165, 1.54) is 0 Å². The number of carbonyl (C=O) groups excluding carboxylic acids is 1. The fourth-order valence-electron chi connectivity index (χ4n) is 1.83. The van der Waals surface area contributed by atoms with E-state index in [1.54, 1.807) is 12.3 Å². The van der Waals surface area contributed by atoms with E-state index in [2.05, 4.69) is 10.3 Å². The third kappa shape index (κ3) is 3.25. The van der Waals surface area contributed by atoms with Crippen LogP contribution in [-0.4, -0.2) is 30.1 Å². The van der Waals surface area contributed by atoms with Crippen molar-refractivity contribution in [1.29, 1.82) is 0 Å². The lowest BCUT2D eigenvalue weighted by Gasteiger charge is -2.22. The van der Waals surface area contributed by atoms with Gasteiger partial charge in [-0.1, -0.05) is 0 Å². The van der Waals surface area contributed by atoms with Gasteiger partial charge in [0.05, 0.1) is 0 Å². The van der Waals surface area contributed by atoms with Crippen molar-refractivity contribution >= 4 is 5.91 Å². The standard InChI is InChI=1S/C12H17N3O2/c13-8-9-1-4-14-11(7-9)12(16)15-10-2-5-17-6-3-10/h1,4,7,10H,2-3,5-6,8,13H2,(H,15,16). The van der Waals surface area contributed by atoms with Crippen molar-refractivity contribution < 1.29 is 9.53 Å². The van der Waals surface area contributed by atoms with Crippen LogP contribution < -0.4 is 11.1 Å². The van der Waals surface area contributed by atoms with E-state index >= 15 is 0 Å². The van der Waals surface area contributed by atoms with Crippen LogP contribution in [0, 0.1) is 0 Å². The Hall–Kier alpha value is -1.46. The lowest BCUT2D eigenvalue weighted by Crippen LogP contribution is -2.39. The number of nitrogens with two attached hydrogens (primary N) is 1. The summed E-state index contributed by atoms with van der Waals surface area (Å²) in [4.78, 5) is 16.0. The maximum absolute atomic E-state index is 11.9. The van der Waals surface area contributed by atoms with Crippen molar-refractivity contribution in [2.24, 2.45) is 5.73 Å². The number of aromatic nitrogens is 1. The molecule has 0 unspecified atom stereocenters. The number of hydrogen-bond acceptors (Lipinski definition) is 4. The van der Waals surface area contributed by atoms with Gasteiger partial charge in [0.1, 0.15) is 5.69 Å². The minimum atomic E-state index is -0.132. The number of rotatable bonds is 3. The van der Waals surface area contributed by atoms with E-state index < -0.39 is 0 Å². The average molecular weight is 235 g/mol. The Bertz CT molecular complexity index is 389. The first-order chi connectivity index (χ1) is 8.29. The quantitative estimate of drug-likeness (QED) is 0.797. The zero-order chi connectivity index (χ0) is 12.1. The summed E-state index contributed by atoms with van der Waals surface area (Å²) >= 11 is 0. The maximum atomic E-state index is 11.9. The van der Waals surface area contributed by atoms with Crippen molar-refractivity contribution in [3.05, 3.63) is 29.6 Å². The van der Waals surface area contributed by atoms with Crippen LogP contribution in [0.2, 0.25) is 0 Å². The molecule has 92 valence electrons. The molecular formula is C12H17N3O2. The predicted octanol–water partition coefficient (Wildman–Crippen LogP) is 0.449. The van der Waals surface area contributed by atoms with Crippen LogP contribution in [0.15, 0.2) is 18.3 Å². The van der Waals surface area contributed by atoms with Crippen LogP contribution in [-0.2, 0) is 11.3 Å². The van der Waals surface area contributed by atoms with Gasteiger partial charge in [0.2, 0.25) is 0 Å². The Kier molecular flexibility index (Phi) is 4.06. The fourth-order valence-corrected chi connectivity index (χ4v) is 1.83. The molecule has 5 heteroatoms. The number of carbonyl (C=O) groups is 1. The Morgan fingerprint density at radius 1 is 1.53 bits per heavy atom. The van der Waals surface area contributed by atoms with Crippen molar-refractivity contribution in [3.8, 4) is 0 Å². The van der Waals surface area contributed by atoms with Crippen LogP contribution in [0.4, 0.5) is 0 Å². The second-order valence-corrected chi connectivity index (χ2v) is 4.11. The molecule has 0 bridgehead atoms. The fraction of sp³-hybridized carbons (Fsp3) is 0.500. The topological polar surface area (TPSA) is 77.2 Å². The molecule has 1 aromatic heterocycles. The molecule has 0 atom stereocenters. The lowest BCUT2D eigenvalue weighted by molar-refractivity contribution is 0.0694. The third-order valence-corrected chi connectivity index (χ3v) is 2.85. The minimum Gasteiger partial charge on any atom is -0.381 e. The summed E-state index contributed by atoms with van der Waals surface area (Å²) in [6.07, 6.45) is 3.34. The predicted molar refractivity (Wildman–Crippen MR) is 63.4 cm³/mol. The highest BCUT2D eigenvalue weighted by Crippen LogP contribution is 2.08. The second-order valence-electron chi connectivity index (χ2n) is 4.11. The molecule has 0 spiro atoms. The molecule has 17 heavy (non-hydrogen) atoms. The molecule has 1 amide bonds. The molecule has 1 saturated heterocycles. The monoisotopic (exact) mass is 235 g/mol. The first-order valence-corrected chi connectivity index (χ1v) is 5.83. The number of nitrogens with zero attached hydrogens (tertiary/aromatic N) is 1. The zero-order valence-electron chi connectivity index (χ0n) is 9.69.